The average molecular weight is 541 g/mol. The van der Waals surface area contributed by atoms with Crippen LogP contribution < -0.4 is 10.2 Å². The molecule has 0 amide bonds. The SMILES string of the molecule is CC1Nc2ccccc2N1[C@H]1C[C@H]2CC[C@@H](C1)N2CCC1(c2ccccc2)CCN(C(=S)n2ccnc2)CC1. The molecule has 3 aromatic rings. The molecule has 6 nitrogen and oxygen atoms in total. The highest BCUT2D eigenvalue weighted by molar-refractivity contribution is 7.80. The Morgan fingerprint density at radius 2 is 1.69 bits per heavy atom. The molecule has 1 unspecified atom stereocenters. The first kappa shape index (κ1) is 25.1. The summed E-state index contributed by atoms with van der Waals surface area (Å²) in [6.45, 7) is 5.52. The van der Waals surface area contributed by atoms with Crippen LogP contribution in [0.3, 0.4) is 0 Å². The first-order valence-electron chi connectivity index (χ1n) is 14.8. The van der Waals surface area contributed by atoms with Crippen molar-refractivity contribution in [3.05, 3.63) is 78.9 Å². The molecule has 0 aliphatic carbocycles. The third-order valence-corrected chi connectivity index (χ3v) is 10.6. The molecule has 0 radical (unpaired) electrons. The number of likely N-dealkylation sites (tertiary alicyclic amines) is 1. The molecule has 3 fully saturated rings. The number of fused-ring (bicyclic) bond motifs is 3. The predicted molar refractivity (Wildman–Crippen MR) is 162 cm³/mol. The molecule has 3 saturated heterocycles. The van der Waals surface area contributed by atoms with Crippen LogP contribution >= 0.6 is 12.2 Å². The van der Waals surface area contributed by atoms with E-state index in [2.05, 4.69) is 86.5 Å². The van der Waals surface area contributed by atoms with Gasteiger partial charge < -0.3 is 15.1 Å². The summed E-state index contributed by atoms with van der Waals surface area (Å²) in [5.74, 6) is 0. The molecule has 204 valence electrons. The van der Waals surface area contributed by atoms with Gasteiger partial charge in [0.15, 0.2) is 5.11 Å². The molecule has 4 aliphatic rings. The van der Waals surface area contributed by atoms with E-state index in [9.17, 15) is 0 Å². The highest BCUT2D eigenvalue weighted by Crippen LogP contribution is 2.45. The van der Waals surface area contributed by atoms with E-state index in [4.69, 9.17) is 12.2 Å². The Balaban J connectivity index is 1.05. The minimum atomic E-state index is 0.213. The molecule has 4 atom stereocenters. The standard InChI is InChI=1S/C32H40N6S/c1-24-34-29-9-5-6-10-30(29)38(24)28-21-26-11-12-27(22-28)37(26)19-15-32(25-7-3-2-4-8-25)13-17-35(18-14-32)31(39)36-20-16-33-23-36/h2-10,16,20,23-24,26-28,34H,11-15,17-19,21-22H2,1H3/t24?,26-,27+,28+. The average Bonchev–Trinajstić information content (AvgIpc) is 3.68. The van der Waals surface area contributed by atoms with Gasteiger partial charge in [-0.1, -0.05) is 42.5 Å². The predicted octanol–water partition coefficient (Wildman–Crippen LogP) is 5.71. The Bertz CT molecular complexity index is 1270. The molecule has 7 rings (SSSR count). The summed E-state index contributed by atoms with van der Waals surface area (Å²) in [5, 5.41) is 4.59. The molecule has 39 heavy (non-hydrogen) atoms. The Morgan fingerprint density at radius 1 is 0.974 bits per heavy atom. The minimum absolute atomic E-state index is 0.213. The van der Waals surface area contributed by atoms with Gasteiger partial charge in [0, 0.05) is 43.6 Å². The summed E-state index contributed by atoms with van der Waals surface area (Å²) in [6, 6.07) is 22.2. The Labute approximate surface area is 238 Å². The van der Waals surface area contributed by atoms with E-state index in [1.54, 1.807) is 0 Å². The second kappa shape index (κ2) is 10.3. The highest BCUT2D eigenvalue weighted by Gasteiger charge is 2.46. The third kappa shape index (κ3) is 4.53. The van der Waals surface area contributed by atoms with Gasteiger partial charge in [0.05, 0.1) is 17.5 Å². The van der Waals surface area contributed by atoms with Crippen LogP contribution in [0.5, 0.6) is 0 Å². The summed E-state index contributed by atoms with van der Waals surface area (Å²) in [6.07, 6.45) is 14.7. The minimum Gasteiger partial charge on any atom is -0.364 e. The van der Waals surface area contributed by atoms with Crippen molar-refractivity contribution in [2.75, 3.05) is 29.9 Å². The van der Waals surface area contributed by atoms with E-state index in [1.165, 1.54) is 55.6 Å². The van der Waals surface area contributed by atoms with E-state index in [0.29, 0.717) is 24.3 Å². The highest BCUT2D eigenvalue weighted by atomic mass is 32.1. The maximum Gasteiger partial charge on any atom is 0.181 e. The zero-order valence-electron chi connectivity index (χ0n) is 23.0. The largest absolute Gasteiger partial charge is 0.364 e. The zero-order chi connectivity index (χ0) is 26.4. The van der Waals surface area contributed by atoms with Crippen LogP contribution in [-0.2, 0) is 5.41 Å². The summed E-state index contributed by atoms with van der Waals surface area (Å²) < 4.78 is 1.97. The van der Waals surface area contributed by atoms with Crippen LogP contribution in [0.15, 0.2) is 73.3 Å². The lowest BCUT2D eigenvalue weighted by Crippen LogP contribution is -2.54. The first-order chi connectivity index (χ1) is 19.1. The smallest absolute Gasteiger partial charge is 0.181 e. The normalized spacial score (nSPS) is 27.8. The van der Waals surface area contributed by atoms with Crippen molar-refractivity contribution >= 4 is 28.7 Å². The molecular formula is C32H40N6S. The molecule has 7 heteroatoms. The number of anilines is 2. The number of aromatic nitrogens is 2. The molecule has 0 spiro atoms. The van der Waals surface area contributed by atoms with Gasteiger partial charge >= 0.3 is 0 Å². The van der Waals surface area contributed by atoms with Gasteiger partial charge in [0.25, 0.3) is 0 Å². The second-order valence-corrected chi connectivity index (χ2v) is 12.5. The van der Waals surface area contributed by atoms with Crippen molar-refractivity contribution in [3.63, 3.8) is 0 Å². The van der Waals surface area contributed by atoms with Crippen molar-refractivity contribution in [2.45, 2.75) is 81.6 Å². The lowest BCUT2D eigenvalue weighted by Gasteiger charge is -2.47. The number of para-hydroxylation sites is 2. The van der Waals surface area contributed by atoms with E-state index >= 15 is 0 Å². The Hall–Kier alpha value is -2.90. The van der Waals surface area contributed by atoms with Crippen molar-refractivity contribution < 1.29 is 0 Å². The van der Waals surface area contributed by atoms with Crippen molar-refractivity contribution in [2.24, 2.45) is 0 Å². The topological polar surface area (TPSA) is 39.6 Å². The van der Waals surface area contributed by atoms with Crippen molar-refractivity contribution in [1.82, 2.24) is 19.4 Å². The van der Waals surface area contributed by atoms with E-state index < -0.39 is 0 Å². The number of piperidine rings is 2. The van der Waals surface area contributed by atoms with E-state index in [0.717, 1.165) is 31.0 Å². The summed E-state index contributed by atoms with van der Waals surface area (Å²) >= 11 is 5.81. The number of nitrogens with zero attached hydrogens (tertiary/aromatic N) is 5. The Morgan fingerprint density at radius 3 is 2.41 bits per heavy atom. The third-order valence-electron chi connectivity index (χ3n) is 10.2. The number of nitrogens with one attached hydrogen (secondary N) is 1. The van der Waals surface area contributed by atoms with Crippen LogP contribution in [0.4, 0.5) is 11.4 Å². The number of benzene rings is 2. The van der Waals surface area contributed by atoms with Gasteiger partial charge in [0.1, 0.15) is 6.33 Å². The molecule has 2 aromatic carbocycles. The van der Waals surface area contributed by atoms with E-state index in [-0.39, 0.29) is 5.41 Å². The monoisotopic (exact) mass is 540 g/mol. The second-order valence-electron chi connectivity index (χ2n) is 12.1. The fourth-order valence-electron chi connectivity index (χ4n) is 8.15. The first-order valence-corrected chi connectivity index (χ1v) is 15.2. The van der Waals surface area contributed by atoms with Crippen LogP contribution in [0.2, 0.25) is 0 Å². The van der Waals surface area contributed by atoms with Crippen LogP contribution in [0, 0.1) is 0 Å². The van der Waals surface area contributed by atoms with Crippen LogP contribution in [0.1, 0.15) is 57.4 Å². The number of hydrogen-bond donors (Lipinski definition) is 1. The summed E-state index contributed by atoms with van der Waals surface area (Å²) in [5.41, 5.74) is 4.41. The number of imidazole rings is 1. The molecular weight excluding hydrogens is 500 g/mol. The maximum atomic E-state index is 5.81. The van der Waals surface area contributed by atoms with E-state index in [1.807, 2.05) is 23.3 Å². The summed E-state index contributed by atoms with van der Waals surface area (Å²) in [7, 11) is 0. The zero-order valence-corrected chi connectivity index (χ0v) is 23.8. The molecule has 0 saturated carbocycles. The van der Waals surface area contributed by atoms with Gasteiger partial charge in [-0.05, 0) is 93.7 Å². The molecule has 1 aromatic heterocycles. The number of thiocarbonyl (C=S) groups is 1. The Kier molecular flexibility index (Phi) is 6.60. The fraction of sp³-hybridized carbons (Fsp3) is 0.500. The van der Waals surface area contributed by atoms with Crippen molar-refractivity contribution in [1.29, 1.82) is 0 Å². The summed E-state index contributed by atoms with van der Waals surface area (Å²) in [4.78, 5) is 12.2. The molecule has 2 bridgehead atoms. The van der Waals surface area contributed by atoms with Gasteiger partial charge in [-0.15, -0.1) is 0 Å². The van der Waals surface area contributed by atoms with Gasteiger partial charge in [-0.2, -0.15) is 0 Å². The fourth-order valence-corrected chi connectivity index (χ4v) is 8.44. The number of rotatable bonds is 5. The number of hydrogen-bond acceptors (Lipinski definition) is 5. The van der Waals surface area contributed by atoms with Gasteiger partial charge in [0.2, 0.25) is 0 Å². The quantitative estimate of drug-likeness (QED) is 0.418. The lowest BCUT2D eigenvalue weighted by atomic mass is 9.70. The van der Waals surface area contributed by atoms with Gasteiger partial charge in [-0.25, -0.2) is 4.98 Å². The molecule has 5 heterocycles. The molecule has 4 aliphatic heterocycles. The van der Waals surface area contributed by atoms with Gasteiger partial charge in [-0.3, -0.25) is 9.47 Å². The van der Waals surface area contributed by atoms with Crippen molar-refractivity contribution in [3.8, 4) is 0 Å². The lowest BCUT2D eigenvalue weighted by molar-refractivity contribution is 0.101. The molecule has 1 N–H and O–H groups in total. The maximum absolute atomic E-state index is 5.81. The van der Waals surface area contributed by atoms with Crippen LogP contribution in [-0.4, -0.2) is 68.4 Å². The van der Waals surface area contributed by atoms with Crippen LogP contribution in [0.25, 0.3) is 0 Å².